The second-order valence-corrected chi connectivity index (χ2v) is 6.37. The number of benzene rings is 2. The van der Waals surface area contributed by atoms with E-state index in [1.807, 2.05) is 6.07 Å². The predicted molar refractivity (Wildman–Crippen MR) is 89.9 cm³/mol. The first-order valence-corrected chi connectivity index (χ1v) is 8.65. The third-order valence-electron chi connectivity index (χ3n) is 4.07. The lowest BCUT2D eigenvalue weighted by Crippen LogP contribution is -2.23. The molecule has 3 rings (SSSR count). The molecule has 1 unspecified atom stereocenters. The van der Waals surface area contributed by atoms with E-state index in [1.54, 1.807) is 11.8 Å². The molecule has 0 radical (unpaired) electrons. The van der Waals surface area contributed by atoms with Crippen LogP contribution in [0, 0.1) is 0 Å². The third kappa shape index (κ3) is 3.25. The van der Waals surface area contributed by atoms with Crippen molar-refractivity contribution < 1.29 is 5.11 Å². The van der Waals surface area contributed by atoms with Crippen molar-refractivity contribution in [2.24, 2.45) is 0 Å². The monoisotopic (exact) mass is 299 g/mol. The molecular formula is C18H21NOS. The zero-order valence-corrected chi connectivity index (χ0v) is 13.1. The Morgan fingerprint density at radius 2 is 1.90 bits per heavy atom. The molecule has 2 aromatic rings. The van der Waals surface area contributed by atoms with Crippen molar-refractivity contribution in [3.8, 4) is 0 Å². The van der Waals surface area contributed by atoms with Crippen LogP contribution in [-0.4, -0.2) is 17.9 Å². The van der Waals surface area contributed by atoms with Crippen LogP contribution in [0.25, 0.3) is 0 Å². The summed E-state index contributed by atoms with van der Waals surface area (Å²) in [5.41, 5.74) is 3.56. The number of fused-ring (bicyclic) bond motifs is 1. The Hall–Kier alpha value is -1.45. The Bertz CT molecular complexity index is 596. The van der Waals surface area contributed by atoms with Gasteiger partial charge >= 0.3 is 0 Å². The highest BCUT2D eigenvalue weighted by Gasteiger charge is 2.20. The Morgan fingerprint density at radius 3 is 2.67 bits per heavy atom. The van der Waals surface area contributed by atoms with Crippen LogP contribution in [0.4, 0.5) is 5.69 Å². The molecular weight excluding hydrogens is 278 g/mol. The van der Waals surface area contributed by atoms with Gasteiger partial charge in [0.1, 0.15) is 0 Å². The number of anilines is 1. The second-order valence-electron chi connectivity index (χ2n) is 5.49. The minimum atomic E-state index is -0.329. The normalized spacial score (nSPS) is 18.2. The molecule has 3 heteroatoms. The van der Waals surface area contributed by atoms with Crippen LogP contribution in [0.2, 0.25) is 0 Å². The van der Waals surface area contributed by atoms with Gasteiger partial charge in [-0.25, -0.2) is 0 Å². The molecule has 1 N–H and O–H groups in total. The fourth-order valence-corrected chi connectivity index (χ4v) is 3.33. The molecule has 0 aliphatic carbocycles. The first-order chi connectivity index (χ1) is 10.3. The fraction of sp³-hybridized carbons (Fsp3) is 0.333. The van der Waals surface area contributed by atoms with Crippen LogP contribution in [0.3, 0.4) is 0 Å². The van der Waals surface area contributed by atoms with Crippen molar-refractivity contribution in [2.45, 2.75) is 30.4 Å². The molecule has 21 heavy (non-hydrogen) atoms. The van der Waals surface area contributed by atoms with Gasteiger partial charge in [-0.15, -0.1) is 11.8 Å². The Kier molecular flexibility index (Phi) is 4.51. The van der Waals surface area contributed by atoms with Crippen molar-refractivity contribution in [1.82, 2.24) is 0 Å². The SMILES string of the molecule is CSc1ccc(CN2CCCC(O)c3ccccc32)cc1. The lowest BCUT2D eigenvalue weighted by atomic mass is 10.0. The number of aliphatic hydroxyl groups excluding tert-OH is 1. The zero-order valence-electron chi connectivity index (χ0n) is 12.3. The minimum absolute atomic E-state index is 0.329. The largest absolute Gasteiger partial charge is 0.388 e. The molecule has 2 aromatic carbocycles. The maximum atomic E-state index is 10.3. The summed E-state index contributed by atoms with van der Waals surface area (Å²) in [6.07, 6.45) is 3.64. The summed E-state index contributed by atoms with van der Waals surface area (Å²) in [4.78, 5) is 3.69. The van der Waals surface area contributed by atoms with Crippen LogP contribution >= 0.6 is 11.8 Å². The lowest BCUT2D eigenvalue weighted by molar-refractivity contribution is 0.168. The van der Waals surface area contributed by atoms with Gasteiger partial charge in [-0.1, -0.05) is 30.3 Å². The van der Waals surface area contributed by atoms with Gasteiger partial charge in [0.25, 0.3) is 0 Å². The van der Waals surface area contributed by atoms with Gasteiger partial charge in [-0.3, -0.25) is 0 Å². The Balaban J connectivity index is 1.85. The van der Waals surface area contributed by atoms with Crippen LogP contribution in [-0.2, 0) is 6.54 Å². The van der Waals surface area contributed by atoms with Crippen molar-refractivity contribution in [3.05, 3.63) is 59.7 Å². The number of aliphatic hydroxyl groups is 1. The predicted octanol–water partition coefficient (Wildman–Crippen LogP) is 4.24. The summed E-state index contributed by atoms with van der Waals surface area (Å²) in [6, 6.07) is 17.0. The quantitative estimate of drug-likeness (QED) is 0.857. The van der Waals surface area contributed by atoms with Gasteiger partial charge in [0.2, 0.25) is 0 Å². The number of rotatable bonds is 3. The molecule has 0 amide bonds. The maximum Gasteiger partial charge on any atom is 0.0810 e. The summed E-state index contributed by atoms with van der Waals surface area (Å²) in [6.45, 7) is 1.90. The van der Waals surface area contributed by atoms with Crippen LogP contribution in [0.5, 0.6) is 0 Å². The van der Waals surface area contributed by atoms with Crippen molar-refractivity contribution in [1.29, 1.82) is 0 Å². The third-order valence-corrected chi connectivity index (χ3v) is 4.82. The highest BCUT2D eigenvalue weighted by Crippen LogP contribution is 2.33. The highest BCUT2D eigenvalue weighted by atomic mass is 32.2. The van der Waals surface area contributed by atoms with Crippen LogP contribution < -0.4 is 4.90 Å². The molecule has 2 nitrogen and oxygen atoms in total. The number of para-hydroxylation sites is 1. The summed E-state index contributed by atoms with van der Waals surface area (Å²) >= 11 is 1.77. The zero-order chi connectivity index (χ0) is 14.7. The summed E-state index contributed by atoms with van der Waals surface area (Å²) in [5, 5.41) is 10.3. The van der Waals surface area contributed by atoms with Gasteiger partial charge in [-0.2, -0.15) is 0 Å². The summed E-state index contributed by atoms with van der Waals surface area (Å²) in [5.74, 6) is 0. The van der Waals surface area contributed by atoms with Gasteiger partial charge in [-0.05, 0) is 42.9 Å². The fourth-order valence-electron chi connectivity index (χ4n) is 2.92. The average Bonchev–Trinajstić information content (AvgIpc) is 2.69. The van der Waals surface area contributed by atoms with Gasteiger partial charge < -0.3 is 10.0 Å². The van der Waals surface area contributed by atoms with Crippen molar-refractivity contribution in [3.63, 3.8) is 0 Å². The standard InChI is InChI=1S/C18H21NOS/c1-21-15-10-8-14(9-11-15)13-19-12-4-7-18(20)16-5-2-3-6-17(16)19/h2-3,5-6,8-11,18,20H,4,7,12-13H2,1H3. The van der Waals surface area contributed by atoms with E-state index < -0.39 is 0 Å². The molecule has 1 aliphatic rings. The first kappa shape index (κ1) is 14.5. The topological polar surface area (TPSA) is 23.5 Å². The van der Waals surface area contributed by atoms with E-state index in [0.29, 0.717) is 0 Å². The minimum Gasteiger partial charge on any atom is -0.388 e. The van der Waals surface area contributed by atoms with Crippen LogP contribution in [0.1, 0.15) is 30.1 Å². The van der Waals surface area contributed by atoms with E-state index in [2.05, 4.69) is 53.6 Å². The Labute approximate surface area is 130 Å². The molecule has 0 spiro atoms. The molecule has 0 saturated heterocycles. The first-order valence-electron chi connectivity index (χ1n) is 7.43. The van der Waals surface area contributed by atoms with Gasteiger partial charge in [0.05, 0.1) is 6.10 Å². The van der Waals surface area contributed by atoms with Gasteiger partial charge in [0.15, 0.2) is 0 Å². The smallest absolute Gasteiger partial charge is 0.0810 e. The van der Waals surface area contributed by atoms with E-state index in [9.17, 15) is 5.11 Å². The molecule has 0 saturated carbocycles. The molecule has 1 aliphatic heterocycles. The second kappa shape index (κ2) is 6.54. The number of hydrogen-bond donors (Lipinski definition) is 1. The molecule has 1 atom stereocenters. The lowest BCUT2D eigenvalue weighted by Gasteiger charge is -2.25. The van der Waals surface area contributed by atoms with E-state index in [0.717, 1.165) is 31.5 Å². The molecule has 0 bridgehead atoms. The van der Waals surface area contributed by atoms with Crippen LogP contribution in [0.15, 0.2) is 53.4 Å². The summed E-state index contributed by atoms with van der Waals surface area (Å²) < 4.78 is 0. The van der Waals surface area contributed by atoms with Gasteiger partial charge in [0, 0.05) is 29.2 Å². The van der Waals surface area contributed by atoms with Crippen molar-refractivity contribution in [2.75, 3.05) is 17.7 Å². The molecule has 110 valence electrons. The van der Waals surface area contributed by atoms with Crippen molar-refractivity contribution >= 4 is 17.4 Å². The highest BCUT2D eigenvalue weighted by molar-refractivity contribution is 7.98. The Morgan fingerprint density at radius 1 is 1.14 bits per heavy atom. The average molecular weight is 299 g/mol. The van der Waals surface area contributed by atoms with E-state index in [-0.39, 0.29) is 6.10 Å². The summed E-state index contributed by atoms with van der Waals surface area (Å²) in [7, 11) is 0. The van der Waals surface area contributed by atoms with E-state index in [4.69, 9.17) is 0 Å². The molecule has 1 heterocycles. The maximum absolute atomic E-state index is 10.3. The van der Waals surface area contributed by atoms with E-state index in [1.165, 1.54) is 16.1 Å². The number of thioether (sulfide) groups is 1. The number of nitrogens with zero attached hydrogens (tertiary/aromatic N) is 1. The molecule has 0 fully saturated rings. The molecule has 0 aromatic heterocycles. The number of hydrogen-bond acceptors (Lipinski definition) is 3. The van der Waals surface area contributed by atoms with E-state index >= 15 is 0 Å².